The first-order chi connectivity index (χ1) is 19.0. The van der Waals surface area contributed by atoms with Gasteiger partial charge in [0.1, 0.15) is 22.8 Å². The summed E-state index contributed by atoms with van der Waals surface area (Å²) in [4.78, 5) is 38.2. The van der Waals surface area contributed by atoms with Crippen molar-refractivity contribution >= 4 is 66.2 Å². The van der Waals surface area contributed by atoms with Crippen molar-refractivity contribution in [1.82, 2.24) is 0 Å². The monoisotopic (exact) mass is 671 g/mol. The number of carbonyl (C=O) groups excluding carboxylic acids is 2. The van der Waals surface area contributed by atoms with Crippen molar-refractivity contribution < 1.29 is 33.4 Å². The highest BCUT2D eigenvalue weighted by Gasteiger charge is 2.27. The molecular weight excluding hydrogens is 646 g/mol. The van der Waals surface area contributed by atoms with Crippen LogP contribution < -0.4 is 14.8 Å². The number of ether oxygens (including phenoxy) is 2. The Morgan fingerprint density at radius 1 is 0.975 bits per heavy atom. The molecule has 3 aromatic carbocycles. The smallest absolute Gasteiger partial charge is 0.344 e. The zero-order valence-electron chi connectivity index (χ0n) is 22.2. The van der Waals surface area contributed by atoms with Gasteiger partial charge in [-0.05, 0) is 92.9 Å². The lowest BCUT2D eigenvalue weighted by molar-refractivity contribution is -0.145. The number of carboxylic acid groups (broad SMARTS) is 1. The molecule has 208 valence electrons. The number of ketones is 1. The highest BCUT2D eigenvalue weighted by Crippen LogP contribution is 2.39. The molecule has 0 fully saturated rings. The predicted octanol–water partition coefficient (Wildman–Crippen LogP) is 7.82. The van der Waals surface area contributed by atoms with E-state index in [4.69, 9.17) is 13.9 Å². The van der Waals surface area contributed by atoms with Crippen molar-refractivity contribution in [2.24, 2.45) is 0 Å². The van der Waals surface area contributed by atoms with E-state index in [1.54, 1.807) is 68.6 Å². The lowest BCUT2D eigenvalue weighted by atomic mass is 9.96. The largest absolute Gasteiger partial charge is 0.497 e. The number of anilines is 1. The minimum Gasteiger partial charge on any atom is -0.497 e. The van der Waals surface area contributed by atoms with Gasteiger partial charge >= 0.3 is 5.97 Å². The Morgan fingerprint density at radius 2 is 1.62 bits per heavy atom. The van der Waals surface area contributed by atoms with E-state index in [1.165, 1.54) is 0 Å². The third kappa shape index (κ3) is 6.08. The normalized spacial score (nSPS) is 11.9. The molecule has 0 aliphatic heterocycles. The van der Waals surface area contributed by atoms with E-state index in [0.29, 0.717) is 53.8 Å². The van der Waals surface area contributed by atoms with Gasteiger partial charge in [-0.15, -0.1) is 0 Å². The van der Waals surface area contributed by atoms with Crippen LogP contribution in [0.4, 0.5) is 5.69 Å². The van der Waals surface area contributed by atoms with E-state index in [-0.39, 0.29) is 29.8 Å². The topological polar surface area (TPSA) is 115 Å². The van der Waals surface area contributed by atoms with E-state index in [0.717, 1.165) is 0 Å². The summed E-state index contributed by atoms with van der Waals surface area (Å²) in [7, 11) is 1.56. The Morgan fingerprint density at radius 3 is 2.17 bits per heavy atom. The number of rotatable bonds is 10. The number of nitrogens with one attached hydrogen (secondary N) is 1. The summed E-state index contributed by atoms with van der Waals surface area (Å²) in [5.41, 5.74) is 2.20. The summed E-state index contributed by atoms with van der Waals surface area (Å²) in [6.45, 7) is 5.57. The fraction of sp³-hybridized carbons (Fsp3) is 0.233. The molecule has 2 N–H and O–H groups in total. The lowest BCUT2D eigenvalue weighted by Gasteiger charge is -2.17. The van der Waals surface area contributed by atoms with Crippen LogP contribution in [0.3, 0.4) is 0 Å². The first-order valence-corrected chi connectivity index (χ1v) is 14.1. The number of halogens is 2. The molecule has 1 unspecified atom stereocenters. The van der Waals surface area contributed by atoms with Crippen molar-refractivity contribution in [2.75, 3.05) is 12.4 Å². The Bertz CT molecular complexity index is 1570. The lowest BCUT2D eigenvalue weighted by Crippen LogP contribution is -2.26. The third-order valence-electron chi connectivity index (χ3n) is 6.24. The highest BCUT2D eigenvalue weighted by molar-refractivity contribution is 9.11. The molecule has 4 rings (SSSR count). The molecule has 0 aliphatic carbocycles. The Kier molecular flexibility index (Phi) is 9.00. The maximum Gasteiger partial charge on any atom is 0.344 e. The fourth-order valence-corrected chi connectivity index (χ4v) is 5.55. The molecule has 0 saturated carbocycles. The number of hydrogen-bond donors (Lipinski definition) is 2. The van der Waals surface area contributed by atoms with Crippen molar-refractivity contribution in [3.63, 3.8) is 0 Å². The van der Waals surface area contributed by atoms with Crippen LogP contribution in [0.2, 0.25) is 0 Å². The van der Waals surface area contributed by atoms with Crippen LogP contribution in [0.5, 0.6) is 11.5 Å². The second kappa shape index (κ2) is 12.3. The zero-order chi connectivity index (χ0) is 29.1. The van der Waals surface area contributed by atoms with Crippen molar-refractivity contribution in [2.45, 2.75) is 39.2 Å². The van der Waals surface area contributed by atoms with Gasteiger partial charge in [0.05, 0.1) is 21.6 Å². The summed E-state index contributed by atoms with van der Waals surface area (Å²) in [5.74, 6) is -0.330. The van der Waals surface area contributed by atoms with Gasteiger partial charge < -0.3 is 24.3 Å². The standard InChI is InChI=1S/C30H27Br2NO7/c1-5-23(30(36)37)39-28-21(31)12-17(13-22(28)32)26(34)25-20-14-18(8-11-24(20)40-27(25)15(2)3)33-29(35)16-6-9-19(38-4)10-7-16/h6-15,23H,5H2,1-4H3,(H,33,35)(H,36,37). The number of aliphatic carboxylic acids is 1. The second-order valence-corrected chi connectivity index (χ2v) is 11.0. The quantitative estimate of drug-likeness (QED) is 0.165. The number of fused-ring (bicyclic) bond motifs is 1. The predicted molar refractivity (Wildman–Crippen MR) is 159 cm³/mol. The van der Waals surface area contributed by atoms with Crippen LogP contribution in [0.1, 0.15) is 65.1 Å². The number of carbonyl (C=O) groups is 3. The fourth-order valence-electron chi connectivity index (χ4n) is 4.18. The molecule has 10 heteroatoms. The first-order valence-electron chi connectivity index (χ1n) is 12.5. The summed E-state index contributed by atoms with van der Waals surface area (Å²) < 4.78 is 17.8. The average Bonchev–Trinajstić information content (AvgIpc) is 3.31. The van der Waals surface area contributed by atoms with Crippen LogP contribution in [-0.2, 0) is 4.79 Å². The van der Waals surface area contributed by atoms with Crippen LogP contribution >= 0.6 is 31.9 Å². The van der Waals surface area contributed by atoms with Gasteiger partial charge in [0.15, 0.2) is 11.9 Å². The van der Waals surface area contributed by atoms with Crippen LogP contribution in [0.15, 0.2) is 68.0 Å². The number of hydrogen-bond acceptors (Lipinski definition) is 6. The van der Waals surface area contributed by atoms with Crippen LogP contribution in [-0.4, -0.2) is 36.0 Å². The van der Waals surface area contributed by atoms with Gasteiger partial charge in [0, 0.05) is 28.1 Å². The van der Waals surface area contributed by atoms with Gasteiger partial charge in [0.2, 0.25) is 0 Å². The Hall–Kier alpha value is -3.63. The van der Waals surface area contributed by atoms with Crippen LogP contribution in [0.25, 0.3) is 11.0 Å². The third-order valence-corrected chi connectivity index (χ3v) is 7.42. The molecule has 8 nitrogen and oxygen atoms in total. The molecule has 40 heavy (non-hydrogen) atoms. The maximum absolute atomic E-state index is 13.9. The Labute approximate surface area is 247 Å². The van der Waals surface area contributed by atoms with Crippen molar-refractivity contribution in [3.05, 3.63) is 86.0 Å². The molecule has 4 aromatic rings. The molecule has 1 amide bonds. The summed E-state index contributed by atoms with van der Waals surface area (Å²) in [6, 6.07) is 15.1. The molecular formula is C30H27Br2NO7. The summed E-state index contributed by atoms with van der Waals surface area (Å²) in [5, 5.41) is 12.8. The van der Waals surface area contributed by atoms with Gasteiger partial charge in [-0.1, -0.05) is 20.8 Å². The van der Waals surface area contributed by atoms with Gasteiger partial charge in [0.25, 0.3) is 5.91 Å². The zero-order valence-corrected chi connectivity index (χ0v) is 25.4. The van der Waals surface area contributed by atoms with E-state index in [1.807, 2.05) is 13.8 Å². The molecule has 0 bridgehead atoms. The van der Waals surface area contributed by atoms with Crippen molar-refractivity contribution in [3.8, 4) is 11.5 Å². The summed E-state index contributed by atoms with van der Waals surface area (Å²) in [6.07, 6.45) is -0.767. The number of carboxylic acids is 1. The number of furan rings is 1. The minimum atomic E-state index is -1.08. The average molecular weight is 673 g/mol. The molecule has 1 atom stereocenters. The molecule has 1 aromatic heterocycles. The van der Waals surface area contributed by atoms with Crippen molar-refractivity contribution in [1.29, 1.82) is 0 Å². The number of methoxy groups -OCH3 is 1. The highest BCUT2D eigenvalue weighted by atomic mass is 79.9. The van der Waals surface area contributed by atoms with E-state index in [9.17, 15) is 19.5 Å². The molecule has 0 saturated heterocycles. The van der Waals surface area contributed by atoms with Gasteiger partial charge in [-0.25, -0.2) is 4.79 Å². The minimum absolute atomic E-state index is 0.0981. The SMILES string of the molecule is CCC(Oc1c(Br)cc(C(=O)c2c(C(C)C)oc3ccc(NC(=O)c4ccc(OC)cc4)cc23)cc1Br)C(=O)O. The van der Waals surface area contributed by atoms with E-state index >= 15 is 0 Å². The van der Waals surface area contributed by atoms with E-state index in [2.05, 4.69) is 37.2 Å². The van der Waals surface area contributed by atoms with Gasteiger partial charge in [-0.3, -0.25) is 9.59 Å². The number of amides is 1. The first kappa shape index (κ1) is 29.4. The molecule has 0 spiro atoms. The number of benzene rings is 3. The molecule has 0 radical (unpaired) electrons. The van der Waals surface area contributed by atoms with E-state index < -0.39 is 12.1 Å². The second-order valence-electron chi connectivity index (χ2n) is 9.34. The molecule has 0 aliphatic rings. The summed E-state index contributed by atoms with van der Waals surface area (Å²) >= 11 is 6.85. The van der Waals surface area contributed by atoms with Gasteiger partial charge in [-0.2, -0.15) is 0 Å². The van der Waals surface area contributed by atoms with Crippen LogP contribution in [0, 0.1) is 0 Å². The maximum atomic E-state index is 13.9. The Balaban J connectivity index is 1.71. The molecule has 1 heterocycles.